The number of aromatic hydroxyl groups is 1. The Hall–Kier alpha value is -3.28. The smallest absolute Gasteiger partial charge is 0.226 e. The molecule has 2 N–H and O–H groups in total. The third-order valence-electron chi connectivity index (χ3n) is 5.94. The SMILES string of the molecule is CCNC(=O)CC.CCc1ccc(OCc2coc(-c3cc(C(C)(C)C)c(O)c(C(C)(C)C)c3)n2)cc1. The molecule has 6 nitrogen and oxygen atoms in total. The van der Waals surface area contributed by atoms with E-state index >= 15 is 0 Å². The summed E-state index contributed by atoms with van der Waals surface area (Å²) in [6, 6.07) is 12.1. The fraction of sp³-hybridized carbons (Fsp3) is 0.484. The minimum atomic E-state index is -0.205. The molecule has 202 valence electrons. The summed E-state index contributed by atoms with van der Waals surface area (Å²) in [5, 5.41) is 13.6. The summed E-state index contributed by atoms with van der Waals surface area (Å²) in [7, 11) is 0. The number of hydrogen-bond donors (Lipinski definition) is 2. The average Bonchev–Trinajstić information content (AvgIpc) is 3.31. The van der Waals surface area contributed by atoms with E-state index in [-0.39, 0.29) is 16.7 Å². The minimum Gasteiger partial charge on any atom is -0.507 e. The molecule has 0 fully saturated rings. The molecular formula is C31H44N2O4. The number of phenols is 1. The minimum absolute atomic E-state index is 0.127. The highest BCUT2D eigenvalue weighted by Crippen LogP contribution is 2.41. The maximum absolute atomic E-state index is 10.9. The summed E-state index contributed by atoms with van der Waals surface area (Å²) < 4.78 is 11.6. The average molecular weight is 509 g/mol. The summed E-state index contributed by atoms with van der Waals surface area (Å²) in [5.41, 5.74) is 4.23. The molecule has 0 aliphatic heterocycles. The predicted molar refractivity (Wildman–Crippen MR) is 150 cm³/mol. The van der Waals surface area contributed by atoms with Crippen LogP contribution in [0.15, 0.2) is 47.1 Å². The molecule has 1 amide bonds. The molecule has 1 heterocycles. The first kappa shape index (κ1) is 29.9. The van der Waals surface area contributed by atoms with Gasteiger partial charge in [-0.25, -0.2) is 4.98 Å². The molecule has 6 heteroatoms. The number of nitrogens with one attached hydrogen (secondary N) is 1. The molecule has 0 bridgehead atoms. The normalized spacial score (nSPS) is 11.5. The van der Waals surface area contributed by atoms with Gasteiger partial charge in [0.05, 0.1) is 0 Å². The molecule has 3 rings (SSSR count). The number of carbonyl (C=O) groups excluding carboxylic acids is 1. The van der Waals surface area contributed by atoms with E-state index in [0.29, 0.717) is 24.7 Å². The molecule has 0 saturated carbocycles. The Bertz CT molecular complexity index is 1110. The van der Waals surface area contributed by atoms with E-state index in [4.69, 9.17) is 9.15 Å². The number of hydrogen-bond acceptors (Lipinski definition) is 5. The fourth-order valence-corrected chi connectivity index (χ4v) is 3.71. The Morgan fingerprint density at radius 1 is 0.973 bits per heavy atom. The van der Waals surface area contributed by atoms with Gasteiger partial charge in [-0.05, 0) is 54.0 Å². The quantitative estimate of drug-likeness (QED) is 0.349. The molecule has 0 aliphatic carbocycles. The Kier molecular flexibility index (Phi) is 10.4. The highest BCUT2D eigenvalue weighted by molar-refractivity contribution is 5.75. The van der Waals surface area contributed by atoms with Gasteiger partial charge in [-0.15, -0.1) is 0 Å². The molecule has 0 atom stereocenters. The van der Waals surface area contributed by atoms with Crippen molar-refractivity contribution < 1.29 is 19.1 Å². The number of benzene rings is 2. The third kappa shape index (κ3) is 8.66. The molecule has 0 radical (unpaired) electrons. The molecular weight excluding hydrogens is 464 g/mol. The van der Waals surface area contributed by atoms with Crippen molar-refractivity contribution in [3.8, 4) is 23.0 Å². The van der Waals surface area contributed by atoms with Crippen LogP contribution >= 0.6 is 0 Å². The molecule has 2 aromatic carbocycles. The first-order valence-electron chi connectivity index (χ1n) is 13.1. The first-order chi connectivity index (χ1) is 17.3. The van der Waals surface area contributed by atoms with Crippen molar-refractivity contribution in [2.24, 2.45) is 0 Å². The number of ether oxygens (including phenoxy) is 1. The van der Waals surface area contributed by atoms with Crippen molar-refractivity contribution >= 4 is 5.91 Å². The van der Waals surface area contributed by atoms with Gasteiger partial charge in [0.1, 0.15) is 30.1 Å². The van der Waals surface area contributed by atoms with Gasteiger partial charge in [0.2, 0.25) is 11.8 Å². The van der Waals surface area contributed by atoms with E-state index < -0.39 is 0 Å². The van der Waals surface area contributed by atoms with Crippen LogP contribution in [0.25, 0.3) is 11.5 Å². The summed E-state index contributed by atoms with van der Waals surface area (Å²) >= 11 is 0. The maximum atomic E-state index is 10.9. The predicted octanol–water partition coefficient (Wildman–Crippen LogP) is 7.32. The van der Waals surface area contributed by atoms with E-state index in [0.717, 1.165) is 41.1 Å². The van der Waals surface area contributed by atoms with E-state index in [9.17, 15) is 9.90 Å². The van der Waals surface area contributed by atoms with Crippen LogP contribution in [-0.2, 0) is 28.7 Å². The van der Waals surface area contributed by atoms with E-state index in [1.807, 2.05) is 38.1 Å². The Labute approximate surface area is 222 Å². The molecule has 0 saturated heterocycles. The van der Waals surface area contributed by atoms with Crippen molar-refractivity contribution in [1.29, 1.82) is 0 Å². The number of nitrogens with zero attached hydrogens (tertiary/aromatic N) is 1. The second-order valence-electron chi connectivity index (χ2n) is 11.2. The lowest BCUT2D eigenvalue weighted by Gasteiger charge is -2.27. The zero-order valence-corrected chi connectivity index (χ0v) is 24.0. The van der Waals surface area contributed by atoms with Crippen molar-refractivity contribution in [3.05, 3.63) is 65.0 Å². The number of phenolic OH excluding ortho intramolecular Hbond substituents is 1. The highest BCUT2D eigenvalue weighted by atomic mass is 16.5. The largest absolute Gasteiger partial charge is 0.507 e. The summed E-state index contributed by atoms with van der Waals surface area (Å²) in [4.78, 5) is 14.9. The van der Waals surface area contributed by atoms with E-state index in [1.165, 1.54) is 5.56 Å². The standard InChI is InChI=1S/C26H33NO3.C5H11NO/c1-8-17-9-11-20(12-10-17)29-15-19-16-30-24(27-19)18-13-21(25(2,3)4)23(28)22(14-18)26(5,6)7;1-3-5(7)6-4-2/h9-14,16,28H,8,15H2,1-7H3;3-4H2,1-2H3,(H,6,7). The van der Waals surface area contributed by atoms with Crippen molar-refractivity contribution in [2.75, 3.05) is 6.54 Å². The zero-order chi connectivity index (χ0) is 27.8. The van der Waals surface area contributed by atoms with Gasteiger partial charge in [0.15, 0.2) is 0 Å². The van der Waals surface area contributed by atoms with Crippen LogP contribution in [0.5, 0.6) is 11.5 Å². The second-order valence-corrected chi connectivity index (χ2v) is 11.2. The van der Waals surface area contributed by atoms with Gasteiger partial charge in [-0.1, -0.05) is 67.5 Å². The van der Waals surface area contributed by atoms with Crippen LogP contribution in [0, 0.1) is 0 Å². The van der Waals surface area contributed by atoms with Crippen LogP contribution < -0.4 is 10.1 Å². The number of carbonyl (C=O) groups is 1. The molecule has 37 heavy (non-hydrogen) atoms. The van der Waals surface area contributed by atoms with Crippen LogP contribution in [0.1, 0.15) is 91.1 Å². The first-order valence-corrected chi connectivity index (χ1v) is 13.1. The van der Waals surface area contributed by atoms with Crippen molar-refractivity contribution in [1.82, 2.24) is 10.3 Å². The Morgan fingerprint density at radius 3 is 1.97 bits per heavy atom. The number of oxazole rings is 1. The molecule has 1 aromatic heterocycles. The fourth-order valence-electron chi connectivity index (χ4n) is 3.71. The lowest BCUT2D eigenvalue weighted by Crippen LogP contribution is -2.20. The molecule has 0 aliphatic rings. The number of rotatable bonds is 7. The summed E-state index contributed by atoms with van der Waals surface area (Å²) in [6.45, 7) is 19.5. The second kappa shape index (κ2) is 12.8. The Morgan fingerprint density at radius 2 is 1.54 bits per heavy atom. The van der Waals surface area contributed by atoms with Crippen molar-refractivity contribution in [3.63, 3.8) is 0 Å². The number of amides is 1. The summed E-state index contributed by atoms with van der Waals surface area (Å²) in [5.74, 6) is 1.82. The summed E-state index contributed by atoms with van der Waals surface area (Å²) in [6.07, 6.45) is 3.23. The third-order valence-corrected chi connectivity index (χ3v) is 5.94. The number of aryl methyl sites for hydroxylation is 1. The van der Waals surface area contributed by atoms with E-state index in [2.05, 4.69) is 70.9 Å². The van der Waals surface area contributed by atoms with Gasteiger partial charge >= 0.3 is 0 Å². The van der Waals surface area contributed by atoms with Crippen LogP contribution in [-0.4, -0.2) is 22.5 Å². The lowest BCUT2D eigenvalue weighted by atomic mass is 9.78. The van der Waals surface area contributed by atoms with Gasteiger partial charge in [0, 0.05) is 29.7 Å². The van der Waals surface area contributed by atoms with Crippen LogP contribution in [0.2, 0.25) is 0 Å². The van der Waals surface area contributed by atoms with Gasteiger partial charge in [0.25, 0.3) is 0 Å². The van der Waals surface area contributed by atoms with Gasteiger partial charge < -0.3 is 19.6 Å². The maximum Gasteiger partial charge on any atom is 0.226 e. The van der Waals surface area contributed by atoms with E-state index in [1.54, 1.807) is 6.26 Å². The van der Waals surface area contributed by atoms with Gasteiger partial charge in [-0.2, -0.15) is 0 Å². The topological polar surface area (TPSA) is 84.6 Å². The molecule has 0 unspecified atom stereocenters. The van der Waals surface area contributed by atoms with Gasteiger partial charge in [-0.3, -0.25) is 4.79 Å². The lowest BCUT2D eigenvalue weighted by molar-refractivity contribution is -0.120. The van der Waals surface area contributed by atoms with Crippen molar-refractivity contribution in [2.45, 2.75) is 92.6 Å². The molecule has 3 aromatic rings. The Balaban J connectivity index is 0.000000604. The monoisotopic (exact) mass is 508 g/mol. The highest BCUT2D eigenvalue weighted by Gasteiger charge is 2.27. The van der Waals surface area contributed by atoms with Crippen LogP contribution in [0.4, 0.5) is 0 Å². The zero-order valence-electron chi connectivity index (χ0n) is 24.0. The van der Waals surface area contributed by atoms with Crippen LogP contribution in [0.3, 0.4) is 0 Å². The number of aromatic nitrogens is 1. The molecule has 0 spiro atoms.